The van der Waals surface area contributed by atoms with Gasteiger partial charge in [-0.25, -0.2) is 8.42 Å². The topological polar surface area (TPSA) is 110 Å². The highest BCUT2D eigenvalue weighted by Gasteiger charge is 2.25. The number of amides is 1. The highest BCUT2D eigenvalue weighted by molar-refractivity contribution is 7.89. The van der Waals surface area contributed by atoms with Crippen molar-refractivity contribution < 1.29 is 18.1 Å². The Bertz CT molecular complexity index is 966. The molecule has 0 saturated carbocycles. The first-order chi connectivity index (χ1) is 12.1. The summed E-state index contributed by atoms with van der Waals surface area (Å²) in [6, 6.07) is 9.01. The SMILES string of the molecule is CN(CC(=O)Nc1ccc(Cl)cc1Cl)S(=O)(=O)c1cccc([N+](=O)[O-])c1. The van der Waals surface area contributed by atoms with E-state index in [4.69, 9.17) is 23.2 Å². The lowest BCUT2D eigenvalue weighted by Gasteiger charge is -2.17. The Morgan fingerprint density at radius 1 is 1.23 bits per heavy atom. The number of carbonyl (C=O) groups excluding carboxylic acids is 1. The molecule has 8 nitrogen and oxygen atoms in total. The third-order valence-electron chi connectivity index (χ3n) is 3.31. The molecule has 11 heteroatoms. The first-order valence-electron chi connectivity index (χ1n) is 7.07. The van der Waals surface area contributed by atoms with Crippen LogP contribution in [0.2, 0.25) is 10.0 Å². The van der Waals surface area contributed by atoms with Crippen LogP contribution in [-0.4, -0.2) is 37.1 Å². The Labute approximate surface area is 159 Å². The summed E-state index contributed by atoms with van der Waals surface area (Å²) in [5.74, 6) is -0.634. The van der Waals surface area contributed by atoms with Gasteiger partial charge in [0.2, 0.25) is 15.9 Å². The van der Waals surface area contributed by atoms with Crippen LogP contribution in [0.25, 0.3) is 0 Å². The molecule has 1 N–H and O–H groups in total. The molecule has 2 aromatic carbocycles. The molecule has 0 atom stereocenters. The van der Waals surface area contributed by atoms with Crippen LogP contribution in [0, 0.1) is 10.1 Å². The third-order valence-corrected chi connectivity index (χ3v) is 5.66. The van der Waals surface area contributed by atoms with Gasteiger partial charge >= 0.3 is 0 Å². The molecule has 0 radical (unpaired) electrons. The van der Waals surface area contributed by atoms with Crippen LogP contribution in [-0.2, 0) is 14.8 Å². The van der Waals surface area contributed by atoms with Gasteiger partial charge in [-0.3, -0.25) is 14.9 Å². The summed E-state index contributed by atoms with van der Waals surface area (Å²) in [4.78, 5) is 21.9. The Balaban J connectivity index is 2.14. The second-order valence-corrected chi connectivity index (χ2v) is 8.08. The molecule has 0 fully saturated rings. The summed E-state index contributed by atoms with van der Waals surface area (Å²) in [5.41, 5.74) is -0.0842. The standard InChI is InChI=1S/C15H13Cl2N3O5S/c1-19(9-15(21)18-14-6-5-10(16)7-13(14)17)26(24,25)12-4-2-3-11(8-12)20(22)23/h2-8H,9H2,1H3,(H,18,21). The number of anilines is 1. The lowest BCUT2D eigenvalue weighted by molar-refractivity contribution is -0.385. The second kappa shape index (κ2) is 8.00. The lowest BCUT2D eigenvalue weighted by atomic mass is 10.3. The molecular formula is C15H13Cl2N3O5S. The minimum atomic E-state index is -4.09. The van der Waals surface area contributed by atoms with Crippen LogP contribution < -0.4 is 5.32 Å². The van der Waals surface area contributed by atoms with Crippen molar-refractivity contribution in [1.29, 1.82) is 0 Å². The zero-order chi connectivity index (χ0) is 19.5. The summed E-state index contributed by atoms with van der Waals surface area (Å²) in [5, 5.41) is 13.9. The maximum atomic E-state index is 12.5. The van der Waals surface area contributed by atoms with Gasteiger partial charge in [0.05, 0.1) is 27.1 Å². The number of carbonyl (C=O) groups is 1. The molecule has 2 aromatic rings. The highest BCUT2D eigenvalue weighted by Crippen LogP contribution is 2.25. The zero-order valence-electron chi connectivity index (χ0n) is 13.3. The van der Waals surface area contributed by atoms with E-state index in [0.29, 0.717) is 5.02 Å². The smallest absolute Gasteiger partial charge is 0.270 e. The van der Waals surface area contributed by atoms with E-state index in [1.807, 2.05) is 0 Å². The maximum absolute atomic E-state index is 12.5. The number of nitro benzene ring substituents is 1. The summed E-state index contributed by atoms with van der Waals surface area (Å²) in [7, 11) is -2.89. The minimum absolute atomic E-state index is 0.204. The van der Waals surface area contributed by atoms with Crippen molar-refractivity contribution in [3.8, 4) is 0 Å². The number of nitro groups is 1. The largest absolute Gasteiger partial charge is 0.324 e. The van der Waals surface area contributed by atoms with Crippen molar-refractivity contribution in [3.05, 3.63) is 62.6 Å². The Morgan fingerprint density at radius 2 is 1.92 bits per heavy atom. The van der Waals surface area contributed by atoms with Crippen molar-refractivity contribution in [3.63, 3.8) is 0 Å². The molecule has 26 heavy (non-hydrogen) atoms. The summed E-state index contributed by atoms with van der Waals surface area (Å²) in [6.07, 6.45) is 0. The monoisotopic (exact) mass is 417 g/mol. The first kappa shape index (κ1) is 20.1. The van der Waals surface area contributed by atoms with Crippen LogP contribution >= 0.6 is 23.2 Å². The molecule has 0 aliphatic rings. The first-order valence-corrected chi connectivity index (χ1v) is 9.26. The van der Waals surface area contributed by atoms with Gasteiger partial charge in [0, 0.05) is 24.2 Å². The number of hydrogen-bond donors (Lipinski definition) is 1. The summed E-state index contributed by atoms with van der Waals surface area (Å²) < 4.78 is 25.8. The van der Waals surface area contributed by atoms with Crippen LogP contribution in [0.1, 0.15) is 0 Å². The van der Waals surface area contributed by atoms with E-state index >= 15 is 0 Å². The van der Waals surface area contributed by atoms with Gasteiger partial charge < -0.3 is 5.32 Å². The van der Waals surface area contributed by atoms with Crippen molar-refractivity contribution in [1.82, 2.24) is 4.31 Å². The fourth-order valence-electron chi connectivity index (χ4n) is 2.01. The van der Waals surface area contributed by atoms with E-state index in [1.54, 1.807) is 0 Å². The van der Waals surface area contributed by atoms with Gasteiger partial charge in [0.1, 0.15) is 0 Å². The molecule has 0 aliphatic carbocycles. The average molecular weight is 418 g/mol. The van der Waals surface area contributed by atoms with Gasteiger partial charge in [-0.15, -0.1) is 0 Å². The lowest BCUT2D eigenvalue weighted by Crippen LogP contribution is -2.35. The third kappa shape index (κ3) is 4.70. The Kier molecular flexibility index (Phi) is 6.19. The molecule has 0 bridgehead atoms. The molecule has 1 amide bonds. The number of hydrogen-bond acceptors (Lipinski definition) is 5. The molecule has 0 spiro atoms. The Morgan fingerprint density at radius 3 is 2.54 bits per heavy atom. The molecule has 0 heterocycles. The highest BCUT2D eigenvalue weighted by atomic mass is 35.5. The van der Waals surface area contributed by atoms with Crippen molar-refractivity contribution in [2.45, 2.75) is 4.90 Å². The van der Waals surface area contributed by atoms with E-state index in [-0.39, 0.29) is 21.3 Å². The Hall–Kier alpha value is -2.20. The number of benzene rings is 2. The number of nitrogens with one attached hydrogen (secondary N) is 1. The zero-order valence-corrected chi connectivity index (χ0v) is 15.7. The minimum Gasteiger partial charge on any atom is -0.324 e. The van der Waals surface area contributed by atoms with Gasteiger partial charge in [-0.05, 0) is 24.3 Å². The van der Waals surface area contributed by atoms with Crippen molar-refractivity contribution in [2.75, 3.05) is 18.9 Å². The predicted molar refractivity (Wildman–Crippen MR) is 98.0 cm³/mol. The molecule has 0 aliphatic heterocycles. The number of sulfonamides is 1. The van der Waals surface area contributed by atoms with Crippen LogP contribution in [0.4, 0.5) is 11.4 Å². The maximum Gasteiger partial charge on any atom is 0.270 e. The summed E-state index contributed by atoms with van der Waals surface area (Å²) in [6.45, 7) is -0.510. The van der Waals surface area contributed by atoms with Gasteiger partial charge in [-0.1, -0.05) is 29.3 Å². The number of likely N-dealkylation sites (N-methyl/N-ethyl adjacent to an activating group) is 1. The van der Waals surface area contributed by atoms with E-state index in [2.05, 4.69) is 5.32 Å². The molecule has 138 valence electrons. The van der Waals surface area contributed by atoms with Crippen molar-refractivity contribution in [2.24, 2.45) is 0 Å². The average Bonchev–Trinajstić information content (AvgIpc) is 2.57. The van der Waals surface area contributed by atoms with E-state index < -0.39 is 27.4 Å². The number of non-ortho nitro benzene ring substituents is 1. The molecule has 2 rings (SSSR count). The number of rotatable bonds is 6. The molecular weight excluding hydrogens is 405 g/mol. The number of halogens is 2. The fourth-order valence-corrected chi connectivity index (χ4v) is 3.63. The van der Waals surface area contributed by atoms with Gasteiger partial charge in [0.25, 0.3) is 5.69 Å². The van der Waals surface area contributed by atoms with Crippen LogP contribution in [0.3, 0.4) is 0 Å². The van der Waals surface area contributed by atoms with Gasteiger partial charge in [-0.2, -0.15) is 4.31 Å². The fraction of sp³-hybridized carbons (Fsp3) is 0.133. The second-order valence-electron chi connectivity index (χ2n) is 5.19. The van der Waals surface area contributed by atoms with Crippen molar-refractivity contribution >= 4 is 50.5 Å². The van der Waals surface area contributed by atoms with E-state index in [0.717, 1.165) is 10.4 Å². The van der Waals surface area contributed by atoms with E-state index in [1.165, 1.54) is 43.4 Å². The van der Waals surface area contributed by atoms with E-state index in [9.17, 15) is 23.3 Å². The molecule has 0 aromatic heterocycles. The number of nitrogens with zero attached hydrogens (tertiary/aromatic N) is 2. The molecule has 0 saturated heterocycles. The van der Waals surface area contributed by atoms with Gasteiger partial charge in [0.15, 0.2) is 0 Å². The van der Waals surface area contributed by atoms with Crippen LogP contribution in [0.5, 0.6) is 0 Å². The summed E-state index contributed by atoms with van der Waals surface area (Å²) >= 11 is 11.7. The predicted octanol–water partition coefficient (Wildman–Crippen LogP) is 3.16. The normalized spacial score (nSPS) is 11.4. The quantitative estimate of drug-likeness (QED) is 0.573. The van der Waals surface area contributed by atoms with Crippen LogP contribution in [0.15, 0.2) is 47.4 Å². The molecule has 0 unspecified atom stereocenters.